The van der Waals surface area contributed by atoms with Crippen molar-refractivity contribution >= 4 is 10.0 Å². The molecule has 0 saturated heterocycles. The molecule has 0 unspecified atom stereocenters. The molecule has 4 nitrogen and oxygen atoms in total. The zero-order valence-corrected chi connectivity index (χ0v) is 12.4. The molecule has 1 aromatic rings. The molecule has 0 bridgehead atoms. The van der Waals surface area contributed by atoms with Crippen LogP contribution in [0.2, 0.25) is 0 Å². The molecule has 106 valence electrons. The Morgan fingerprint density at radius 3 is 2.53 bits per heavy atom. The van der Waals surface area contributed by atoms with Crippen molar-refractivity contribution in [2.75, 3.05) is 6.54 Å². The molecule has 2 rings (SSSR count). The maximum absolute atomic E-state index is 12.2. The number of rotatable bonds is 5. The van der Waals surface area contributed by atoms with Crippen LogP contribution in [0.15, 0.2) is 23.1 Å². The Balaban J connectivity index is 2.12. The van der Waals surface area contributed by atoms with E-state index < -0.39 is 10.0 Å². The first-order chi connectivity index (χ1) is 8.86. The van der Waals surface area contributed by atoms with Gasteiger partial charge < -0.3 is 5.73 Å². The highest BCUT2D eigenvalue weighted by Crippen LogP contribution is 2.39. The fourth-order valence-electron chi connectivity index (χ4n) is 2.37. The molecule has 0 aliphatic heterocycles. The van der Waals surface area contributed by atoms with Crippen molar-refractivity contribution in [3.63, 3.8) is 0 Å². The van der Waals surface area contributed by atoms with Crippen LogP contribution in [0.1, 0.15) is 37.3 Å². The number of hydrogen-bond acceptors (Lipinski definition) is 3. The molecule has 1 fully saturated rings. The highest BCUT2D eigenvalue weighted by Gasteiger charge is 2.33. The van der Waals surface area contributed by atoms with Gasteiger partial charge in [-0.1, -0.05) is 19.4 Å². The first-order valence-corrected chi connectivity index (χ1v) is 8.14. The summed E-state index contributed by atoms with van der Waals surface area (Å²) in [6.45, 7) is 4.96. The van der Waals surface area contributed by atoms with Crippen LogP contribution in [-0.2, 0) is 16.6 Å². The van der Waals surface area contributed by atoms with E-state index in [-0.39, 0.29) is 5.41 Å². The van der Waals surface area contributed by atoms with Gasteiger partial charge in [-0.3, -0.25) is 0 Å². The summed E-state index contributed by atoms with van der Waals surface area (Å²) < 4.78 is 27.2. The van der Waals surface area contributed by atoms with Gasteiger partial charge in [0, 0.05) is 13.1 Å². The standard InChI is InChI=1S/C14H22N2O2S/c1-11-8-13(5-4-12(11)9-15)19(17,18)16-10-14(2)6-3-7-14/h4-5,8,16H,3,6-7,9-10,15H2,1-2H3. The van der Waals surface area contributed by atoms with Gasteiger partial charge in [-0.2, -0.15) is 0 Å². The van der Waals surface area contributed by atoms with Crippen molar-refractivity contribution in [1.29, 1.82) is 0 Å². The summed E-state index contributed by atoms with van der Waals surface area (Å²) in [6, 6.07) is 5.10. The van der Waals surface area contributed by atoms with E-state index in [0.29, 0.717) is 18.0 Å². The van der Waals surface area contributed by atoms with Crippen LogP contribution < -0.4 is 10.5 Å². The smallest absolute Gasteiger partial charge is 0.240 e. The number of hydrogen-bond donors (Lipinski definition) is 2. The lowest BCUT2D eigenvalue weighted by molar-refractivity contribution is 0.166. The van der Waals surface area contributed by atoms with E-state index in [1.807, 2.05) is 6.92 Å². The lowest BCUT2D eigenvalue weighted by atomic mass is 9.71. The van der Waals surface area contributed by atoms with Crippen LogP contribution in [0, 0.1) is 12.3 Å². The van der Waals surface area contributed by atoms with E-state index in [4.69, 9.17) is 5.73 Å². The summed E-state index contributed by atoms with van der Waals surface area (Å²) in [6.07, 6.45) is 3.39. The minimum Gasteiger partial charge on any atom is -0.326 e. The molecule has 3 N–H and O–H groups in total. The maximum atomic E-state index is 12.2. The summed E-state index contributed by atoms with van der Waals surface area (Å²) in [5.41, 5.74) is 7.62. The molecule has 0 aromatic heterocycles. The largest absolute Gasteiger partial charge is 0.326 e. The minimum absolute atomic E-state index is 0.138. The second-order valence-corrected chi connectivity index (χ2v) is 7.55. The minimum atomic E-state index is -3.41. The van der Waals surface area contributed by atoms with Gasteiger partial charge in [0.2, 0.25) is 10.0 Å². The zero-order chi connectivity index (χ0) is 14.1. The monoisotopic (exact) mass is 282 g/mol. The fourth-order valence-corrected chi connectivity index (χ4v) is 3.66. The Morgan fingerprint density at radius 2 is 2.05 bits per heavy atom. The van der Waals surface area contributed by atoms with Gasteiger partial charge in [0.05, 0.1) is 4.90 Å². The lowest BCUT2D eigenvalue weighted by Crippen LogP contribution is -2.39. The number of sulfonamides is 1. The van der Waals surface area contributed by atoms with Crippen molar-refractivity contribution in [2.45, 2.75) is 44.6 Å². The van der Waals surface area contributed by atoms with E-state index >= 15 is 0 Å². The number of nitrogens with two attached hydrogens (primary N) is 1. The molecule has 0 spiro atoms. The molecule has 1 aromatic carbocycles. The second kappa shape index (κ2) is 5.23. The van der Waals surface area contributed by atoms with E-state index in [2.05, 4.69) is 11.6 Å². The molecule has 0 amide bonds. The predicted molar refractivity (Wildman–Crippen MR) is 76.2 cm³/mol. The first-order valence-electron chi connectivity index (χ1n) is 6.66. The van der Waals surface area contributed by atoms with Crippen LogP contribution in [-0.4, -0.2) is 15.0 Å². The van der Waals surface area contributed by atoms with Crippen molar-refractivity contribution < 1.29 is 8.42 Å². The SMILES string of the molecule is Cc1cc(S(=O)(=O)NCC2(C)CCC2)ccc1CN. The van der Waals surface area contributed by atoms with Gasteiger partial charge in [0.1, 0.15) is 0 Å². The molecular formula is C14H22N2O2S. The molecule has 1 saturated carbocycles. The van der Waals surface area contributed by atoms with Crippen molar-refractivity contribution in [2.24, 2.45) is 11.1 Å². The summed E-state index contributed by atoms with van der Waals surface area (Å²) in [5, 5.41) is 0. The highest BCUT2D eigenvalue weighted by molar-refractivity contribution is 7.89. The lowest BCUT2D eigenvalue weighted by Gasteiger charge is -2.38. The number of aryl methyl sites for hydroxylation is 1. The van der Waals surface area contributed by atoms with Gasteiger partial charge in [0.25, 0.3) is 0 Å². The normalized spacial score (nSPS) is 18.1. The average Bonchev–Trinajstić information content (AvgIpc) is 2.34. The molecular weight excluding hydrogens is 260 g/mol. The van der Waals surface area contributed by atoms with Gasteiger partial charge in [-0.05, 0) is 48.4 Å². The van der Waals surface area contributed by atoms with Crippen LogP contribution in [0.5, 0.6) is 0 Å². The van der Waals surface area contributed by atoms with E-state index in [1.54, 1.807) is 18.2 Å². The maximum Gasteiger partial charge on any atom is 0.240 e. The molecule has 0 radical (unpaired) electrons. The number of nitrogens with one attached hydrogen (secondary N) is 1. The fraction of sp³-hybridized carbons (Fsp3) is 0.571. The zero-order valence-electron chi connectivity index (χ0n) is 11.6. The third-order valence-electron chi connectivity index (χ3n) is 4.09. The molecule has 0 heterocycles. The van der Waals surface area contributed by atoms with Crippen molar-refractivity contribution in [1.82, 2.24) is 4.72 Å². The first kappa shape index (κ1) is 14.5. The third-order valence-corrected chi connectivity index (χ3v) is 5.49. The van der Waals surface area contributed by atoms with Gasteiger partial charge in [-0.25, -0.2) is 13.1 Å². The summed E-state index contributed by atoms with van der Waals surface area (Å²) in [4.78, 5) is 0.324. The Morgan fingerprint density at radius 1 is 1.37 bits per heavy atom. The Kier molecular flexibility index (Phi) is 3.99. The van der Waals surface area contributed by atoms with E-state index in [1.165, 1.54) is 6.42 Å². The summed E-state index contributed by atoms with van der Waals surface area (Å²) in [5.74, 6) is 0. The van der Waals surface area contributed by atoms with Crippen molar-refractivity contribution in [3.05, 3.63) is 29.3 Å². The topological polar surface area (TPSA) is 72.2 Å². The van der Waals surface area contributed by atoms with E-state index in [0.717, 1.165) is 24.0 Å². The Hall–Kier alpha value is -0.910. The average molecular weight is 282 g/mol. The summed E-state index contributed by atoms with van der Waals surface area (Å²) >= 11 is 0. The van der Waals surface area contributed by atoms with Crippen LogP contribution >= 0.6 is 0 Å². The third kappa shape index (κ3) is 3.16. The van der Waals surface area contributed by atoms with Gasteiger partial charge in [0.15, 0.2) is 0 Å². The molecule has 1 aliphatic rings. The molecule has 5 heteroatoms. The molecule has 0 atom stereocenters. The quantitative estimate of drug-likeness (QED) is 0.866. The Labute approximate surface area is 115 Å². The number of benzene rings is 1. The molecule has 1 aliphatic carbocycles. The van der Waals surface area contributed by atoms with Crippen LogP contribution in [0.3, 0.4) is 0 Å². The van der Waals surface area contributed by atoms with Crippen molar-refractivity contribution in [3.8, 4) is 0 Å². The predicted octanol–water partition coefficient (Wildman–Crippen LogP) is 1.92. The van der Waals surface area contributed by atoms with E-state index in [9.17, 15) is 8.42 Å². The molecule has 19 heavy (non-hydrogen) atoms. The van der Waals surface area contributed by atoms with Gasteiger partial charge in [-0.15, -0.1) is 0 Å². The highest BCUT2D eigenvalue weighted by atomic mass is 32.2. The van der Waals surface area contributed by atoms with Crippen LogP contribution in [0.4, 0.5) is 0 Å². The Bertz CT molecular complexity index is 563. The van der Waals surface area contributed by atoms with Gasteiger partial charge >= 0.3 is 0 Å². The second-order valence-electron chi connectivity index (χ2n) is 5.78. The van der Waals surface area contributed by atoms with Crippen LogP contribution in [0.25, 0.3) is 0 Å². The summed E-state index contributed by atoms with van der Waals surface area (Å²) in [7, 11) is -3.41.